The van der Waals surface area contributed by atoms with Gasteiger partial charge in [0.15, 0.2) is 5.82 Å². The van der Waals surface area contributed by atoms with Crippen LogP contribution >= 0.6 is 11.3 Å². The van der Waals surface area contributed by atoms with Gasteiger partial charge in [-0.15, -0.1) is 11.3 Å². The lowest BCUT2D eigenvalue weighted by atomic mass is 10.2. The first-order chi connectivity index (χ1) is 10.2. The number of anilines is 1. The SMILES string of the molecule is CCN(CC)c1nc(-c2ccccc2)nc2sc(C)cc12. The van der Waals surface area contributed by atoms with Gasteiger partial charge in [-0.25, -0.2) is 9.97 Å². The summed E-state index contributed by atoms with van der Waals surface area (Å²) >= 11 is 1.74. The molecule has 0 N–H and O–H groups in total. The summed E-state index contributed by atoms with van der Waals surface area (Å²) < 4.78 is 0. The van der Waals surface area contributed by atoms with E-state index in [9.17, 15) is 0 Å². The number of benzene rings is 1. The fourth-order valence-electron chi connectivity index (χ4n) is 2.51. The molecule has 4 heteroatoms. The van der Waals surface area contributed by atoms with Crippen molar-refractivity contribution >= 4 is 27.4 Å². The third kappa shape index (κ3) is 2.63. The molecule has 2 aromatic heterocycles. The first-order valence-electron chi connectivity index (χ1n) is 7.31. The summed E-state index contributed by atoms with van der Waals surface area (Å²) in [6.07, 6.45) is 0. The molecule has 2 heterocycles. The molecule has 3 nitrogen and oxygen atoms in total. The molecule has 3 rings (SSSR count). The van der Waals surface area contributed by atoms with Crippen LogP contribution in [0.3, 0.4) is 0 Å². The van der Waals surface area contributed by atoms with Crippen LogP contribution in [-0.2, 0) is 0 Å². The fourth-order valence-corrected chi connectivity index (χ4v) is 3.38. The van der Waals surface area contributed by atoms with Gasteiger partial charge in [0, 0.05) is 23.5 Å². The van der Waals surface area contributed by atoms with Crippen LogP contribution in [0.4, 0.5) is 5.82 Å². The van der Waals surface area contributed by atoms with Gasteiger partial charge in [0.25, 0.3) is 0 Å². The number of fused-ring (bicyclic) bond motifs is 1. The summed E-state index contributed by atoms with van der Waals surface area (Å²) in [4.78, 5) is 14.2. The molecule has 0 aliphatic heterocycles. The number of hydrogen-bond donors (Lipinski definition) is 0. The largest absolute Gasteiger partial charge is 0.357 e. The quantitative estimate of drug-likeness (QED) is 0.709. The molecule has 0 fully saturated rings. The van der Waals surface area contributed by atoms with Gasteiger partial charge in [-0.3, -0.25) is 0 Å². The summed E-state index contributed by atoms with van der Waals surface area (Å²) in [6.45, 7) is 8.36. The predicted molar refractivity (Wildman–Crippen MR) is 91.1 cm³/mol. The Balaban J connectivity index is 2.24. The molecule has 0 saturated heterocycles. The van der Waals surface area contributed by atoms with Crippen LogP contribution in [0.1, 0.15) is 18.7 Å². The predicted octanol–water partition coefficient (Wildman–Crippen LogP) is 4.51. The van der Waals surface area contributed by atoms with E-state index >= 15 is 0 Å². The van der Waals surface area contributed by atoms with Crippen LogP contribution in [0.15, 0.2) is 36.4 Å². The van der Waals surface area contributed by atoms with Crippen molar-refractivity contribution in [1.29, 1.82) is 0 Å². The van der Waals surface area contributed by atoms with Crippen LogP contribution in [0, 0.1) is 6.92 Å². The third-order valence-electron chi connectivity index (χ3n) is 3.59. The normalized spacial score (nSPS) is 11.0. The molecule has 0 saturated carbocycles. The first-order valence-corrected chi connectivity index (χ1v) is 8.13. The first kappa shape index (κ1) is 14.0. The average molecular weight is 297 g/mol. The number of thiophene rings is 1. The topological polar surface area (TPSA) is 29.0 Å². The Kier molecular flexibility index (Phi) is 3.88. The van der Waals surface area contributed by atoms with Crippen LogP contribution in [0.2, 0.25) is 0 Å². The fraction of sp³-hybridized carbons (Fsp3) is 0.294. The van der Waals surface area contributed by atoms with E-state index in [-0.39, 0.29) is 0 Å². The van der Waals surface area contributed by atoms with Crippen LogP contribution in [0.5, 0.6) is 0 Å². The highest BCUT2D eigenvalue weighted by atomic mass is 32.1. The number of aryl methyl sites for hydroxylation is 1. The number of rotatable bonds is 4. The van der Waals surface area contributed by atoms with Gasteiger partial charge in [0.1, 0.15) is 10.6 Å². The lowest BCUT2D eigenvalue weighted by molar-refractivity contribution is 0.850. The molecule has 1 aromatic carbocycles. The molecule has 21 heavy (non-hydrogen) atoms. The molecule has 0 atom stereocenters. The summed E-state index contributed by atoms with van der Waals surface area (Å²) in [5.41, 5.74) is 1.07. The minimum atomic E-state index is 0.812. The summed E-state index contributed by atoms with van der Waals surface area (Å²) in [5.74, 6) is 1.86. The lowest BCUT2D eigenvalue weighted by Gasteiger charge is -2.21. The molecule has 0 spiro atoms. The number of nitrogens with zero attached hydrogens (tertiary/aromatic N) is 3. The van der Waals surface area contributed by atoms with E-state index in [0.29, 0.717) is 0 Å². The van der Waals surface area contributed by atoms with Gasteiger partial charge in [0.2, 0.25) is 0 Å². The van der Waals surface area contributed by atoms with Crippen molar-refractivity contribution in [2.45, 2.75) is 20.8 Å². The second kappa shape index (κ2) is 5.82. The number of hydrogen-bond acceptors (Lipinski definition) is 4. The molecule has 108 valence electrons. The highest BCUT2D eigenvalue weighted by molar-refractivity contribution is 7.18. The highest BCUT2D eigenvalue weighted by Gasteiger charge is 2.15. The molecule has 0 radical (unpaired) electrons. The van der Waals surface area contributed by atoms with E-state index in [2.05, 4.69) is 43.9 Å². The number of aromatic nitrogens is 2. The summed E-state index contributed by atoms with van der Waals surface area (Å²) in [7, 11) is 0. The molecular formula is C17H19N3S. The molecule has 0 amide bonds. The van der Waals surface area contributed by atoms with Crippen molar-refractivity contribution < 1.29 is 0 Å². The Labute approximate surface area is 129 Å². The van der Waals surface area contributed by atoms with Gasteiger partial charge in [-0.1, -0.05) is 30.3 Å². The lowest BCUT2D eigenvalue weighted by Crippen LogP contribution is -2.23. The maximum Gasteiger partial charge on any atom is 0.163 e. The van der Waals surface area contributed by atoms with E-state index < -0.39 is 0 Å². The van der Waals surface area contributed by atoms with E-state index in [1.54, 1.807) is 11.3 Å². The summed E-state index contributed by atoms with van der Waals surface area (Å²) in [6, 6.07) is 12.4. The van der Waals surface area contributed by atoms with E-state index in [1.165, 1.54) is 10.3 Å². The van der Waals surface area contributed by atoms with Crippen LogP contribution < -0.4 is 4.90 Å². The maximum atomic E-state index is 4.85. The highest BCUT2D eigenvalue weighted by Crippen LogP contribution is 2.32. The van der Waals surface area contributed by atoms with Gasteiger partial charge in [-0.2, -0.15) is 0 Å². The van der Waals surface area contributed by atoms with Crippen molar-refractivity contribution in [3.8, 4) is 11.4 Å². The Bertz CT molecular complexity index is 745. The van der Waals surface area contributed by atoms with Crippen LogP contribution in [-0.4, -0.2) is 23.1 Å². The Morgan fingerprint density at radius 3 is 2.43 bits per heavy atom. The van der Waals surface area contributed by atoms with Gasteiger partial charge in [0.05, 0.1) is 5.39 Å². The molecule has 0 aliphatic carbocycles. The zero-order valence-electron chi connectivity index (χ0n) is 12.6. The average Bonchev–Trinajstić information content (AvgIpc) is 2.89. The maximum absolute atomic E-state index is 4.85. The molecule has 0 unspecified atom stereocenters. The van der Waals surface area contributed by atoms with Crippen molar-refractivity contribution in [2.24, 2.45) is 0 Å². The minimum absolute atomic E-state index is 0.812. The smallest absolute Gasteiger partial charge is 0.163 e. The van der Waals surface area contributed by atoms with E-state index in [4.69, 9.17) is 9.97 Å². The standard InChI is InChI=1S/C17H19N3S/c1-4-20(5-2)16-14-11-12(3)21-17(14)19-15(18-16)13-9-7-6-8-10-13/h6-11H,4-5H2,1-3H3. The zero-order chi connectivity index (χ0) is 14.8. The Morgan fingerprint density at radius 2 is 1.76 bits per heavy atom. The van der Waals surface area contributed by atoms with Crippen molar-refractivity contribution in [1.82, 2.24) is 9.97 Å². The van der Waals surface area contributed by atoms with Crippen molar-refractivity contribution in [2.75, 3.05) is 18.0 Å². The monoisotopic (exact) mass is 297 g/mol. The Hall–Kier alpha value is -1.94. The molecule has 3 aromatic rings. The van der Waals surface area contributed by atoms with E-state index in [1.807, 2.05) is 18.2 Å². The van der Waals surface area contributed by atoms with Crippen LogP contribution in [0.25, 0.3) is 21.6 Å². The Morgan fingerprint density at radius 1 is 1.05 bits per heavy atom. The van der Waals surface area contributed by atoms with E-state index in [0.717, 1.165) is 35.1 Å². The second-order valence-electron chi connectivity index (χ2n) is 4.99. The third-order valence-corrected chi connectivity index (χ3v) is 4.54. The van der Waals surface area contributed by atoms with Gasteiger partial charge < -0.3 is 4.90 Å². The molecule has 0 bridgehead atoms. The zero-order valence-corrected chi connectivity index (χ0v) is 13.4. The van der Waals surface area contributed by atoms with Gasteiger partial charge >= 0.3 is 0 Å². The van der Waals surface area contributed by atoms with Crippen molar-refractivity contribution in [3.05, 3.63) is 41.3 Å². The molecular weight excluding hydrogens is 278 g/mol. The van der Waals surface area contributed by atoms with Gasteiger partial charge in [-0.05, 0) is 26.8 Å². The van der Waals surface area contributed by atoms with Crippen molar-refractivity contribution in [3.63, 3.8) is 0 Å². The minimum Gasteiger partial charge on any atom is -0.357 e. The second-order valence-corrected chi connectivity index (χ2v) is 6.22. The molecule has 0 aliphatic rings. The summed E-state index contributed by atoms with van der Waals surface area (Å²) in [5, 5.41) is 1.17.